The molecule has 1 aromatic carbocycles. The van der Waals surface area contributed by atoms with Gasteiger partial charge in [-0.05, 0) is 36.6 Å². The molecule has 5 heteroatoms. The third-order valence-electron chi connectivity index (χ3n) is 4.22. The van der Waals surface area contributed by atoms with Crippen LogP contribution in [0.4, 0.5) is 0 Å². The second-order valence-corrected chi connectivity index (χ2v) is 5.70. The second kappa shape index (κ2) is 5.50. The molecule has 5 nitrogen and oxygen atoms in total. The van der Waals surface area contributed by atoms with Gasteiger partial charge in [-0.15, -0.1) is 0 Å². The molecule has 0 saturated carbocycles. The van der Waals surface area contributed by atoms with Gasteiger partial charge >= 0.3 is 0 Å². The summed E-state index contributed by atoms with van der Waals surface area (Å²) in [6, 6.07) is 4.32. The van der Waals surface area contributed by atoms with Gasteiger partial charge in [0.2, 0.25) is 12.5 Å². The quantitative estimate of drug-likeness (QED) is 0.910. The van der Waals surface area contributed by atoms with Gasteiger partial charge < -0.3 is 19.9 Å². The Hall–Kier alpha value is -1.46. The van der Waals surface area contributed by atoms with E-state index in [-0.39, 0.29) is 12.8 Å². The first-order valence-corrected chi connectivity index (χ1v) is 7.12. The number of benzene rings is 1. The van der Waals surface area contributed by atoms with Gasteiger partial charge in [0, 0.05) is 19.1 Å². The SMILES string of the molecule is COc1cc(CN2CCC(C)C(N)C2)cc2c1OCO2. The Morgan fingerprint density at radius 1 is 1.40 bits per heavy atom. The molecule has 1 aromatic rings. The van der Waals surface area contributed by atoms with E-state index in [4.69, 9.17) is 19.9 Å². The summed E-state index contributed by atoms with van der Waals surface area (Å²) >= 11 is 0. The summed E-state index contributed by atoms with van der Waals surface area (Å²) in [6.45, 7) is 5.39. The van der Waals surface area contributed by atoms with E-state index in [1.165, 1.54) is 5.56 Å². The summed E-state index contributed by atoms with van der Waals surface area (Å²) in [5, 5.41) is 0. The molecule has 2 aliphatic rings. The van der Waals surface area contributed by atoms with Crippen molar-refractivity contribution in [3.63, 3.8) is 0 Å². The van der Waals surface area contributed by atoms with Crippen molar-refractivity contribution in [1.29, 1.82) is 0 Å². The summed E-state index contributed by atoms with van der Waals surface area (Å²) in [5.74, 6) is 2.83. The van der Waals surface area contributed by atoms with Gasteiger partial charge in [-0.2, -0.15) is 0 Å². The van der Waals surface area contributed by atoms with Crippen LogP contribution in [0.2, 0.25) is 0 Å². The van der Waals surface area contributed by atoms with Crippen molar-refractivity contribution in [3.05, 3.63) is 17.7 Å². The first kappa shape index (κ1) is 13.5. The molecule has 110 valence electrons. The lowest BCUT2D eigenvalue weighted by atomic mass is 9.94. The van der Waals surface area contributed by atoms with Crippen molar-refractivity contribution in [2.45, 2.75) is 25.9 Å². The third kappa shape index (κ3) is 2.55. The van der Waals surface area contributed by atoms with Crippen molar-refractivity contribution in [2.75, 3.05) is 27.0 Å². The number of hydrogen-bond acceptors (Lipinski definition) is 5. The molecule has 2 N–H and O–H groups in total. The highest BCUT2D eigenvalue weighted by Crippen LogP contribution is 2.42. The second-order valence-electron chi connectivity index (χ2n) is 5.70. The zero-order chi connectivity index (χ0) is 14.1. The molecule has 2 unspecified atom stereocenters. The Morgan fingerprint density at radius 3 is 3.00 bits per heavy atom. The van der Waals surface area contributed by atoms with E-state index >= 15 is 0 Å². The van der Waals surface area contributed by atoms with Crippen LogP contribution in [0.25, 0.3) is 0 Å². The third-order valence-corrected chi connectivity index (χ3v) is 4.22. The van der Waals surface area contributed by atoms with Crippen LogP contribution in [0.5, 0.6) is 17.2 Å². The first-order chi connectivity index (χ1) is 9.67. The molecular weight excluding hydrogens is 256 g/mol. The van der Waals surface area contributed by atoms with Crippen molar-refractivity contribution in [3.8, 4) is 17.2 Å². The number of fused-ring (bicyclic) bond motifs is 1. The van der Waals surface area contributed by atoms with E-state index < -0.39 is 0 Å². The summed E-state index contributed by atoms with van der Waals surface area (Å²) in [7, 11) is 1.65. The van der Waals surface area contributed by atoms with E-state index in [2.05, 4.69) is 11.8 Å². The topological polar surface area (TPSA) is 57.0 Å². The average molecular weight is 278 g/mol. The van der Waals surface area contributed by atoms with Gasteiger partial charge in [-0.1, -0.05) is 6.92 Å². The maximum atomic E-state index is 6.16. The van der Waals surface area contributed by atoms with Crippen molar-refractivity contribution < 1.29 is 14.2 Å². The predicted octanol–water partition coefficient (Wildman–Crippen LogP) is 1.59. The minimum atomic E-state index is 0.264. The zero-order valence-corrected chi connectivity index (χ0v) is 12.1. The van der Waals surface area contributed by atoms with Gasteiger partial charge in [0.05, 0.1) is 7.11 Å². The molecule has 2 atom stereocenters. The lowest BCUT2D eigenvalue weighted by molar-refractivity contribution is 0.162. The van der Waals surface area contributed by atoms with Crippen LogP contribution >= 0.6 is 0 Å². The lowest BCUT2D eigenvalue weighted by Gasteiger charge is -2.35. The number of likely N-dealkylation sites (tertiary alicyclic amines) is 1. The van der Waals surface area contributed by atoms with Gasteiger partial charge in [-0.25, -0.2) is 0 Å². The van der Waals surface area contributed by atoms with Crippen LogP contribution < -0.4 is 19.9 Å². The Morgan fingerprint density at radius 2 is 2.25 bits per heavy atom. The monoisotopic (exact) mass is 278 g/mol. The van der Waals surface area contributed by atoms with Crippen LogP contribution in [0.3, 0.4) is 0 Å². The molecule has 2 aliphatic heterocycles. The normalized spacial score (nSPS) is 25.8. The molecular formula is C15H22N2O3. The Kier molecular flexibility index (Phi) is 3.72. The fourth-order valence-electron chi connectivity index (χ4n) is 2.85. The number of methoxy groups -OCH3 is 1. The highest BCUT2D eigenvalue weighted by molar-refractivity contribution is 5.55. The predicted molar refractivity (Wildman–Crippen MR) is 76.2 cm³/mol. The number of ether oxygens (including phenoxy) is 3. The molecule has 1 saturated heterocycles. The highest BCUT2D eigenvalue weighted by Gasteiger charge is 2.25. The van der Waals surface area contributed by atoms with Crippen LogP contribution in [0.15, 0.2) is 12.1 Å². The zero-order valence-electron chi connectivity index (χ0n) is 12.1. The lowest BCUT2D eigenvalue weighted by Crippen LogP contribution is -2.47. The van der Waals surface area contributed by atoms with E-state index in [0.717, 1.165) is 37.6 Å². The highest BCUT2D eigenvalue weighted by atomic mass is 16.7. The summed E-state index contributed by atoms with van der Waals surface area (Å²) in [6.07, 6.45) is 1.16. The number of rotatable bonds is 3. The Labute approximate surface area is 119 Å². The molecule has 0 aromatic heterocycles. The fraction of sp³-hybridized carbons (Fsp3) is 0.600. The van der Waals surface area contributed by atoms with Crippen LogP contribution in [0, 0.1) is 5.92 Å². The van der Waals surface area contributed by atoms with Crippen LogP contribution in [0.1, 0.15) is 18.9 Å². The summed E-state index contributed by atoms with van der Waals surface area (Å²) in [4.78, 5) is 2.39. The minimum Gasteiger partial charge on any atom is -0.493 e. The first-order valence-electron chi connectivity index (χ1n) is 7.12. The molecule has 0 bridgehead atoms. The maximum Gasteiger partial charge on any atom is 0.231 e. The van der Waals surface area contributed by atoms with Crippen molar-refractivity contribution in [2.24, 2.45) is 11.7 Å². The molecule has 0 aliphatic carbocycles. The van der Waals surface area contributed by atoms with E-state index in [0.29, 0.717) is 11.7 Å². The fourth-order valence-corrected chi connectivity index (χ4v) is 2.85. The largest absolute Gasteiger partial charge is 0.493 e. The summed E-state index contributed by atoms with van der Waals surface area (Å²) in [5.41, 5.74) is 7.33. The van der Waals surface area contributed by atoms with E-state index in [1.54, 1.807) is 7.11 Å². The van der Waals surface area contributed by atoms with Gasteiger partial charge in [0.25, 0.3) is 0 Å². The Bertz CT molecular complexity index is 492. The van der Waals surface area contributed by atoms with Crippen molar-refractivity contribution >= 4 is 0 Å². The maximum absolute atomic E-state index is 6.16. The molecule has 0 amide bonds. The molecule has 20 heavy (non-hydrogen) atoms. The Balaban J connectivity index is 1.75. The van der Waals surface area contributed by atoms with E-state index in [9.17, 15) is 0 Å². The number of piperidine rings is 1. The van der Waals surface area contributed by atoms with Gasteiger partial charge in [-0.3, -0.25) is 4.90 Å². The van der Waals surface area contributed by atoms with Gasteiger partial charge in [0.15, 0.2) is 11.5 Å². The van der Waals surface area contributed by atoms with Crippen LogP contribution in [-0.4, -0.2) is 37.9 Å². The van der Waals surface area contributed by atoms with Crippen LogP contribution in [-0.2, 0) is 6.54 Å². The minimum absolute atomic E-state index is 0.264. The standard InChI is InChI=1S/C15H22N2O3/c1-10-3-4-17(8-12(10)16)7-11-5-13(18-2)15-14(6-11)19-9-20-15/h5-6,10,12H,3-4,7-9,16H2,1-2H3. The average Bonchev–Trinajstić information content (AvgIpc) is 2.90. The van der Waals surface area contributed by atoms with E-state index in [1.807, 2.05) is 12.1 Å². The van der Waals surface area contributed by atoms with Crippen molar-refractivity contribution in [1.82, 2.24) is 4.90 Å². The molecule has 2 heterocycles. The number of nitrogens with two attached hydrogens (primary N) is 1. The summed E-state index contributed by atoms with van der Waals surface area (Å²) < 4.78 is 16.3. The smallest absolute Gasteiger partial charge is 0.231 e. The van der Waals surface area contributed by atoms with Gasteiger partial charge in [0.1, 0.15) is 0 Å². The molecule has 1 fully saturated rings. The molecule has 3 rings (SSSR count). The number of hydrogen-bond donors (Lipinski definition) is 1. The number of nitrogens with zero attached hydrogens (tertiary/aromatic N) is 1. The molecule has 0 spiro atoms. The molecule has 0 radical (unpaired) electrons.